The summed E-state index contributed by atoms with van der Waals surface area (Å²) in [5.41, 5.74) is 5.54. The molecule has 0 aliphatic rings. The fraction of sp³-hybridized carbons (Fsp3) is 0.167. The second-order valence-electron chi connectivity index (χ2n) is 8.23. The Morgan fingerprint density at radius 1 is 0.722 bits per heavy atom. The monoisotopic (exact) mass is 480 g/mol. The standard InChI is InChI=1S/C30H28N2O4/c1-5-35-28-16-12-25(13-17-28)31-32-26-18-20(2)29(21(3)19-26)36-30(33)24-8-6-22(7-9-24)23-10-14-27(34-4)15-11-23/h6-19H,5H2,1-4H3. The number of ether oxygens (including phenoxy) is 3. The van der Waals surface area contributed by atoms with Crippen LogP contribution in [0, 0.1) is 13.8 Å². The SMILES string of the molecule is CCOc1ccc(N=Nc2cc(C)c(OC(=O)c3ccc(-c4ccc(OC)cc4)cc3)c(C)c2)cc1. The first-order chi connectivity index (χ1) is 17.5. The minimum atomic E-state index is -0.411. The van der Waals surface area contributed by atoms with Gasteiger partial charge in [-0.1, -0.05) is 24.3 Å². The van der Waals surface area contributed by atoms with Crippen molar-refractivity contribution < 1.29 is 19.0 Å². The summed E-state index contributed by atoms with van der Waals surface area (Å²) in [6, 6.07) is 26.2. The Bertz CT molecular complexity index is 1340. The highest BCUT2D eigenvalue weighted by atomic mass is 16.5. The molecule has 0 N–H and O–H groups in total. The summed E-state index contributed by atoms with van der Waals surface area (Å²) in [4.78, 5) is 12.8. The average Bonchev–Trinajstić information content (AvgIpc) is 2.90. The predicted octanol–water partition coefficient (Wildman–Crippen LogP) is 8.01. The highest BCUT2D eigenvalue weighted by Crippen LogP contribution is 2.31. The number of benzene rings is 4. The first-order valence-corrected chi connectivity index (χ1v) is 11.7. The van der Waals surface area contributed by atoms with Gasteiger partial charge >= 0.3 is 5.97 Å². The van der Waals surface area contributed by atoms with E-state index in [1.807, 2.05) is 93.6 Å². The molecule has 182 valence electrons. The van der Waals surface area contributed by atoms with Gasteiger partial charge < -0.3 is 14.2 Å². The lowest BCUT2D eigenvalue weighted by molar-refractivity contribution is 0.0732. The molecule has 0 radical (unpaired) electrons. The van der Waals surface area contributed by atoms with Gasteiger partial charge in [-0.2, -0.15) is 10.2 Å². The molecule has 4 rings (SSSR count). The highest BCUT2D eigenvalue weighted by Gasteiger charge is 2.14. The van der Waals surface area contributed by atoms with Crippen LogP contribution >= 0.6 is 0 Å². The molecule has 36 heavy (non-hydrogen) atoms. The van der Waals surface area contributed by atoms with E-state index in [4.69, 9.17) is 14.2 Å². The zero-order chi connectivity index (χ0) is 25.5. The van der Waals surface area contributed by atoms with Crippen LogP contribution in [0.5, 0.6) is 17.2 Å². The van der Waals surface area contributed by atoms with E-state index < -0.39 is 5.97 Å². The number of hydrogen-bond acceptors (Lipinski definition) is 6. The molecule has 4 aromatic carbocycles. The molecule has 6 nitrogen and oxygen atoms in total. The van der Waals surface area contributed by atoms with Gasteiger partial charge in [-0.15, -0.1) is 0 Å². The molecule has 0 spiro atoms. The maximum atomic E-state index is 12.8. The van der Waals surface area contributed by atoms with E-state index >= 15 is 0 Å². The summed E-state index contributed by atoms with van der Waals surface area (Å²) >= 11 is 0. The molecule has 0 bridgehead atoms. The Balaban J connectivity index is 1.44. The van der Waals surface area contributed by atoms with E-state index in [1.54, 1.807) is 19.2 Å². The van der Waals surface area contributed by atoms with E-state index in [9.17, 15) is 4.79 Å². The minimum Gasteiger partial charge on any atom is -0.497 e. The van der Waals surface area contributed by atoms with E-state index in [1.165, 1.54) is 0 Å². The molecule has 0 aliphatic carbocycles. The summed E-state index contributed by atoms with van der Waals surface area (Å²) in [7, 11) is 1.64. The maximum Gasteiger partial charge on any atom is 0.343 e. The zero-order valence-corrected chi connectivity index (χ0v) is 20.8. The fourth-order valence-electron chi connectivity index (χ4n) is 3.77. The summed E-state index contributed by atoms with van der Waals surface area (Å²) < 4.78 is 16.4. The lowest BCUT2D eigenvalue weighted by atomic mass is 10.0. The number of rotatable bonds is 8. The number of carbonyl (C=O) groups excluding carboxylic acids is 1. The first-order valence-electron chi connectivity index (χ1n) is 11.7. The van der Waals surface area contributed by atoms with Crippen LogP contribution in [0.4, 0.5) is 11.4 Å². The molecule has 0 saturated carbocycles. The van der Waals surface area contributed by atoms with Crippen LogP contribution in [0.3, 0.4) is 0 Å². The Morgan fingerprint density at radius 3 is 1.81 bits per heavy atom. The van der Waals surface area contributed by atoms with Crippen molar-refractivity contribution in [1.29, 1.82) is 0 Å². The number of aryl methyl sites for hydroxylation is 2. The van der Waals surface area contributed by atoms with Gasteiger partial charge in [0.15, 0.2) is 0 Å². The van der Waals surface area contributed by atoms with Crippen molar-refractivity contribution >= 4 is 17.3 Å². The van der Waals surface area contributed by atoms with Gasteiger partial charge in [0.1, 0.15) is 17.2 Å². The topological polar surface area (TPSA) is 69.5 Å². The van der Waals surface area contributed by atoms with E-state index in [2.05, 4.69) is 10.2 Å². The smallest absolute Gasteiger partial charge is 0.343 e. The number of methoxy groups -OCH3 is 1. The van der Waals surface area contributed by atoms with Crippen molar-refractivity contribution in [3.63, 3.8) is 0 Å². The van der Waals surface area contributed by atoms with Crippen molar-refractivity contribution in [2.75, 3.05) is 13.7 Å². The lowest BCUT2D eigenvalue weighted by Crippen LogP contribution is -2.10. The van der Waals surface area contributed by atoms with Gasteiger partial charge in [-0.25, -0.2) is 4.79 Å². The normalized spacial score (nSPS) is 10.9. The predicted molar refractivity (Wildman–Crippen MR) is 141 cm³/mol. The molecule has 0 amide bonds. The highest BCUT2D eigenvalue weighted by molar-refractivity contribution is 5.92. The van der Waals surface area contributed by atoms with Crippen molar-refractivity contribution in [2.45, 2.75) is 20.8 Å². The number of hydrogen-bond donors (Lipinski definition) is 0. The molecule has 0 saturated heterocycles. The van der Waals surface area contributed by atoms with Crippen molar-refractivity contribution in [2.24, 2.45) is 10.2 Å². The van der Waals surface area contributed by atoms with Crippen LogP contribution in [-0.4, -0.2) is 19.7 Å². The van der Waals surface area contributed by atoms with Gasteiger partial charge in [-0.05, 0) is 104 Å². The van der Waals surface area contributed by atoms with E-state index in [0.29, 0.717) is 23.6 Å². The average molecular weight is 481 g/mol. The van der Waals surface area contributed by atoms with E-state index in [-0.39, 0.29) is 0 Å². The molecule has 4 aromatic rings. The third-order valence-corrected chi connectivity index (χ3v) is 5.61. The summed E-state index contributed by atoms with van der Waals surface area (Å²) in [5, 5.41) is 8.63. The molecule has 0 fully saturated rings. The van der Waals surface area contributed by atoms with Gasteiger partial charge in [0.05, 0.1) is 30.7 Å². The van der Waals surface area contributed by atoms with Gasteiger partial charge in [-0.3, -0.25) is 0 Å². The summed E-state index contributed by atoms with van der Waals surface area (Å²) in [6.45, 7) is 6.33. The molecule has 0 unspecified atom stereocenters. The van der Waals surface area contributed by atoms with Crippen LogP contribution < -0.4 is 14.2 Å². The number of esters is 1. The second-order valence-corrected chi connectivity index (χ2v) is 8.23. The zero-order valence-electron chi connectivity index (χ0n) is 20.8. The molecular formula is C30H28N2O4. The second kappa shape index (κ2) is 11.3. The lowest BCUT2D eigenvalue weighted by Gasteiger charge is -2.12. The van der Waals surface area contributed by atoms with Crippen LogP contribution in [0.2, 0.25) is 0 Å². The van der Waals surface area contributed by atoms with Crippen molar-refractivity contribution in [1.82, 2.24) is 0 Å². The van der Waals surface area contributed by atoms with Crippen LogP contribution in [0.15, 0.2) is 95.2 Å². The molecule has 6 heteroatoms. The fourth-order valence-corrected chi connectivity index (χ4v) is 3.77. The van der Waals surface area contributed by atoms with Gasteiger partial charge in [0.25, 0.3) is 0 Å². The third-order valence-electron chi connectivity index (χ3n) is 5.61. The van der Waals surface area contributed by atoms with E-state index in [0.717, 1.165) is 39.4 Å². The molecular weight excluding hydrogens is 452 g/mol. The molecule has 0 aliphatic heterocycles. The van der Waals surface area contributed by atoms with Crippen LogP contribution in [-0.2, 0) is 0 Å². The largest absolute Gasteiger partial charge is 0.497 e. The van der Waals surface area contributed by atoms with Gasteiger partial charge in [0.2, 0.25) is 0 Å². The van der Waals surface area contributed by atoms with Crippen molar-refractivity contribution in [3.05, 3.63) is 102 Å². The van der Waals surface area contributed by atoms with Crippen LogP contribution in [0.1, 0.15) is 28.4 Å². The first kappa shape index (κ1) is 24.7. The Morgan fingerprint density at radius 2 is 1.25 bits per heavy atom. The number of carbonyl (C=O) groups is 1. The maximum absolute atomic E-state index is 12.8. The van der Waals surface area contributed by atoms with Crippen LogP contribution in [0.25, 0.3) is 11.1 Å². The van der Waals surface area contributed by atoms with Crippen molar-refractivity contribution in [3.8, 4) is 28.4 Å². The molecule has 0 aromatic heterocycles. The molecule has 0 heterocycles. The molecule has 0 atom stereocenters. The summed E-state index contributed by atoms with van der Waals surface area (Å²) in [5.74, 6) is 1.71. The number of azo groups is 1. The van der Waals surface area contributed by atoms with Gasteiger partial charge in [0, 0.05) is 0 Å². The Kier molecular flexibility index (Phi) is 7.75. The summed E-state index contributed by atoms with van der Waals surface area (Å²) in [6.07, 6.45) is 0. The Labute approximate surface area is 211 Å². The quantitative estimate of drug-likeness (QED) is 0.145. The third kappa shape index (κ3) is 5.96. The minimum absolute atomic E-state index is 0.411. The Hall–Kier alpha value is -4.45. The number of nitrogens with zero attached hydrogens (tertiary/aromatic N) is 2.